The van der Waals surface area contributed by atoms with Gasteiger partial charge in [-0.15, -0.1) is 0 Å². The number of hydrogen-bond donors (Lipinski definition) is 3. The molecule has 0 saturated carbocycles. The zero-order chi connectivity index (χ0) is 24.7. The van der Waals surface area contributed by atoms with Crippen molar-refractivity contribution in [1.82, 2.24) is 30.3 Å². The van der Waals surface area contributed by atoms with Crippen molar-refractivity contribution < 1.29 is 19.5 Å². The van der Waals surface area contributed by atoms with Crippen molar-refractivity contribution in [1.29, 1.82) is 0 Å². The highest BCUT2D eigenvalue weighted by Crippen LogP contribution is 2.21. The first-order valence-corrected chi connectivity index (χ1v) is 11.7. The fourth-order valence-corrected chi connectivity index (χ4v) is 4.08. The van der Waals surface area contributed by atoms with Crippen LogP contribution in [0.2, 0.25) is 0 Å². The Morgan fingerprint density at radius 3 is 2.56 bits per heavy atom. The molecule has 0 fully saturated rings. The molecule has 0 radical (unpaired) electrons. The molecule has 2 heterocycles. The first kappa shape index (κ1) is 25.4. The Bertz CT molecular complexity index is 991. The summed E-state index contributed by atoms with van der Waals surface area (Å²) in [7, 11) is 0. The van der Waals surface area contributed by atoms with E-state index < -0.39 is 24.6 Å². The van der Waals surface area contributed by atoms with Gasteiger partial charge < -0.3 is 20.6 Å². The number of amides is 3. The van der Waals surface area contributed by atoms with Crippen LogP contribution in [0.1, 0.15) is 49.9 Å². The molecule has 184 valence electrons. The lowest BCUT2D eigenvalue weighted by Crippen LogP contribution is -2.50. The van der Waals surface area contributed by atoms with Crippen molar-refractivity contribution in [3.05, 3.63) is 47.5 Å². The third-order valence-corrected chi connectivity index (χ3v) is 5.88. The number of carbonyl (C=O) groups excluding carboxylic acids is 3. The van der Waals surface area contributed by atoms with Crippen LogP contribution in [0.15, 0.2) is 30.3 Å². The second kappa shape index (κ2) is 11.7. The van der Waals surface area contributed by atoms with Gasteiger partial charge in [-0.25, -0.2) is 9.67 Å². The molecule has 1 aliphatic rings. The molecule has 2 aromatic rings. The molecule has 3 rings (SSSR count). The number of hydrogen-bond acceptors (Lipinski definition) is 6. The number of benzene rings is 1. The second-order valence-corrected chi connectivity index (χ2v) is 8.92. The van der Waals surface area contributed by atoms with Crippen LogP contribution in [0.5, 0.6) is 0 Å². The average Bonchev–Trinajstić information content (AvgIpc) is 3.18. The molecule has 0 unspecified atom stereocenters. The number of nitrogens with zero attached hydrogens (tertiary/aromatic N) is 4. The van der Waals surface area contributed by atoms with E-state index in [0.29, 0.717) is 44.1 Å². The quantitative estimate of drug-likeness (QED) is 0.605. The van der Waals surface area contributed by atoms with Crippen molar-refractivity contribution in [3.8, 4) is 0 Å². The van der Waals surface area contributed by atoms with Gasteiger partial charge >= 0.3 is 0 Å². The largest absolute Gasteiger partial charge is 0.387 e. The van der Waals surface area contributed by atoms with Crippen LogP contribution in [0.3, 0.4) is 0 Å². The van der Waals surface area contributed by atoms with Crippen LogP contribution in [-0.4, -0.2) is 68.2 Å². The zero-order valence-electron chi connectivity index (χ0n) is 20.0. The minimum absolute atomic E-state index is 0.00228. The van der Waals surface area contributed by atoms with Crippen molar-refractivity contribution in [2.24, 2.45) is 5.92 Å². The van der Waals surface area contributed by atoms with E-state index in [0.717, 1.165) is 5.56 Å². The summed E-state index contributed by atoms with van der Waals surface area (Å²) in [5.74, 6) is 0.221. The number of nitrogens with one attached hydrogen (secondary N) is 2. The average molecular weight is 471 g/mol. The van der Waals surface area contributed by atoms with E-state index in [2.05, 4.69) is 20.7 Å². The lowest BCUT2D eigenvalue weighted by molar-refractivity contribution is -0.135. The Labute approximate surface area is 199 Å². The summed E-state index contributed by atoms with van der Waals surface area (Å²) in [6, 6.07) is 8.34. The van der Waals surface area contributed by atoms with Crippen molar-refractivity contribution in [2.45, 2.75) is 58.7 Å². The van der Waals surface area contributed by atoms with Crippen LogP contribution in [0.4, 0.5) is 0 Å². The lowest BCUT2D eigenvalue weighted by Gasteiger charge is -2.27. The fourth-order valence-electron chi connectivity index (χ4n) is 4.08. The van der Waals surface area contributed by atoms with Gasteiger partial charge in [-0.1, -0.05) is 44.2 Å². The maximum Gasteiger partial charge on any atom is 0.248 e. The third kappa shape index (κ3) is 6.63. The standard InChI is InChI=1S/C24H34N6O4/c1-16(2)22-23-25-17(3)28-30(23)13-12-29(21(33)15-31)11-7-10-20(32)26-19(24(34)27-22)14-18-8-5-4-6-9-18/h4-6,8-9,16,19,22,31H,7,10-15H2,1-3H3,(H,26,32)(H,27,34)/t19-,22+/m0/s1. The number of fused-ring (bicyclic) bond motifs is 1. The monoisotopic (exact) mass is 470 g/mol. The van der Waals surface area contributed by atoms with Gasteiger partial charge in [0, 0.05) is 25.9 Å². The zero-order valence-corrected chi connectivity index (χ0v) is 20.0. The fraction of sp³-hybridized carbons (Fsp3) is 0.542. The van der Waals surface area contributed by atoms with E-state index in [-0.39, 0.29) is 24.2 Å². The van der Waals surface area contributed by atoms with Crippen LogP contribution in [0.25, 0.3) is 0 Å². The molecule has 1 aromatic heterocycles. The number of aliphatic hydroxyl groups excluding tert-OH is 1. The summed E-state index contributed by atoms with van der Waals surface area (Å²) in [6.07, 6.45) is 0.925. The van der Waals surface area contributed by atoms with Crippen LogP contribution < -0.4 is 10.6 Å². The van der Waals surface area contributed by atoms with E-state index in [9.17, 15) is 19.5 Å². The smallest absolute Gasteiger partial charge is 0.248 e. The molecule has 3 N–H and O–H groups in total. The van der Waals surface area contributed by atoms with Crippen LogP contribution in [0, 0.1) is 12.8 Å². The van der Waals surface area contributed by atoms with Gasteiger partial charge in [0.1, 0.15) is 24.3 Å². The lowest BCUT2D eigenvalue weighted by atomic mass is 10.0. The summed E-state index contributed by atoms with van der Waals surface area (Å²) in [5.41, 5.74) is 0.934. The van der Waals surface area contributed by atoms with E-state index >= 15 is 0 Å². The number of aryl methyl sites for hydroxylation is 1. The minimum atomic E-state index is -0.758. The minimum Gasteiger partial charge on any atom is -0.387 e. The Balaban J connectivity index is 1.94. The highest BCUT2D eigenvalue weighted by molar-refractivity contribution is 5.88. The Hall–Kier alpha value is -3.27. The molecule has 10 heteroatoms. The predicted molar refractivity (Wildman–Crippen MR) is 125 cm³/mol. The summed E-state index contributed by atoms with van der Waals surface area (Å²) < 4.78 is 1.72. The summed E-state index contributed by atoms with van der Waals surface area (Å²) in [4.78, 5) is 44.4. The molecule has 1 aromatic carbocycles. The van der Waals surface area contributed by atoms with Crippen molar-refractivity contribution in [2.75, 3.05) is 19.7 Å². The number of carbonyl (C=O) groups is 3. The van der Waals surface area contributed by atoms with Gasteiger partial charge in [0.2, 0.25) is 17.7 Å². The molecule has 0 saturated heterocycles. The molecule has 0 bridgehead atoms. The highest BCUT2D eigenvalue weighted by atomic mass is 16.3. The first-order chi connectivity index (χ1) is 16.3. The van der Waals surface area contributed by atoms with Gasteiger partial charge in [0.25, 0.3) is 0 Å². The normalized spacial score (nSPS) is 20.3. The van der Waals surface area contributed by atoms with Gasteiger partial charge in [0.05, 0.1) is 12.6 Å². The third-order valence-electron chi connectivity index (χ3n) is 5.88. The Morgan fingerprint density at radius 1 is 1.15 bits per heavy atom. The Morgan fingerprint density at radius 2 is 1.88 bits per heavy atom. The van der Waals surface area contributed by atoms with Crippen molar-refractivity contribution in [3.63, 3.8) is 0 Å². The molecule has 0 spiro atoms. The van der Waals surface area contributed by atoms with E-state index in [1.165, 1.54) is 4.90 Å². The van der Waals surface area contributed by atoms with Crippen molar-refractivity contribution >= 4 is 17.7 Å². The second-order valence-electron chi connectivity index (χ2n) is 8.92. The van der Waals surface area contributed by atoms with E-state index in [1.807, 2.05) is 44.2 Å². The SMILES string of the molecule is Cc1nc2n(n1)CCN(C(=O)CO)CCCC(=O)N[C@@H](Cc1ccccc1)C(=O)N[C@@H]2C(C)C. The van der Waals surface area contributed by atoms with Gasteiger partial charge in [0.15, 0.2) is 0 Å². The molecule has 3 amide bonds. The van der Waals surface area contributed by atoms with Gasteiger partial charge in [-0.3, -0.25) is 14.4 Å². The van der Waals surface area contributed by atoms with E-state index in [4.69, 9.17) is 0 Å². The molecular weight excluding hydrogens is 436 g/mol. The summed E-state index contributed by atoms with van der Waals surface area (Å²) in [6.45, 7) is 6.14. The topological polar surface area (TPSA) is 129 Å². The number of rotatable bonds is 4. The maximum absolute atomic E-state index is 13.4. The summed E-state index contributed by atoms with van der Waals surface area (Å²) in [5, 5.41) is 19.8. The van der Waals surface area contributed by atoms with Crippen LogP contribution in [-0.2, 0) is 27.3 Å². The van der Waals surface area contributed by atoms with Gasteiger partial charge in [-0.05, 0) is 24.8 Å². The van der Waals surface area contributed by atoms with E-state index in [1.54, 1.807) is 11.6 Å². The maximum atomic E-state index is 13.4. The predicted octanol–water partition coefficient (Wildman–Crippen LogP) is 0.742. The molecular formula is C24H34N6O4. The molecule has 0 aliphatic carbocycles. The Kier molecular flexibility index (Phi) is 8.75. The number of aromatic nitrogens is 3. The molecule has 1 aliphatic heterocycles. The molecule has 10 nitrogen and oxygen atoms in total. The van der Waals surface area contributed by atoms with Crippen LogP contribution >= 0.6 is 0 Å². The number of aliphatic hydroxyl groups is 1. The summed E-state index contributed by atoms with van der Waals surface area (Å²) >= 11 is 0. The first-order valence-electron chi connectivity index (χ1n) is 11.7. The van der Waals surface area contributed by atoms with Gasteiger partial charge in [-0.2, -0.15) is 5.10 Å². The molecule has 2 atom stereocenters. The molecule has 34 heavy (non-hydrogen) atoms. The highest BCUT2D eigenvalue weighted by Gasteiger charge is 2.29.